The van der Waals surface area contributed by atoms with Gasteiger partial charge in [-0.3, -0.25) is 4.79 Å². The van der Waals surface area contributed by atoms with Gasteiger partial charge in [0.2, 0.25) is 0 Å². The van der Waals surface area contributed by atoms with Crippen molar-refractivity contribution in [3.63, 3.8) is 0 Å². The zero-order valence-electron chi connectivity index (χ0n) is 13.2. The Morgan fingerprint density at radius 2 is 1.81 bits per heavy atom. The number of likely N-dealkylation sites (tertiary alicyclic amines) is 1. The summed E-state index contributed by atoms with van der Waals surface area (Å²) in [7, 11) is 3.24. The molecule has 0 radical (unpaired) electrons. The molecule has 116 valence electrons. The molecule has 4 nitrogen and oxygen atoms in total. The summed E-state index contributed by atoms with van der Waals surface area (Å²) in [5.41, 5.74) is 1.01. The number of benzene rings is 1. The van der Waals surface area contributed by atoms with Crippen molar-refractivity contribution in [2.75, 3.05) is 33.9 Å². The second kappa shape index (κ2) is 7.46. The van der Waals surface area contributed by atoms with Gasteiger partial charge in [-0.15, -0.1) is 0 Å². The monoisotopic (exact) mass is 291 g/mol. The first-order valence-electron chi connectivity index (χ1n) is 7.60. The molecule has 0 aliphatic carbocycles. The number of hydrogen-bond acceptors (Lipinski definition) is 4. The van der Waals surface area contributed by atoms with Crippen molar-refractivity contribution < 1.29 is 14.3 Å². The lowest BCUT2D eigenvalue weighted by Crippen LogP contribution is -2.35. The van der Waals surface area contributed by atoms with E-state index in [1.54, 1.807) is 21.1 Å². The first-order chi connectivity index (χ1) is 10.2. The molecular weight excluding hydrogens is 266 g/mol. The van der Waals surface area contributed by atoms with Gasteiger partial charge in [-0.25, -0.2) is 0 Å². The number of hydrogen-bond donors (Lipinski definition) is 0. The van der Waals surface area contributed by atoms with Gasteiger partial charge >= 0.3 is 0 Å². The minimum absolute atomic E-state index is 0.0945. The van der Waals surface area contributed by atoms with Gasteiger partial charge in [0.05, 0.1) is 20.1 Å². The number of nitrogens with zero attached hydrogens (tertiary/aromatic N) is 1. The predicted molar refractivity (Wildman–Crippen MR) is 83.3 cm³/mol. The van der Waals surface area contributed by atoms with Crippen LogP contribution >= 0.6 is 0 Å². The summed E-state index contributed by atoms with van der Waals surface area (Å²) in [6, 6.07) is 5.77. The highest BCUT2D eigenvalue weighted by atomic mass is 16.5. The van der Waals surface area contributed by atoms with E-state index in [0.29, 0.717) is 11.5 Å². The molecule has 1 unspecified atom stereocenters. The molecule has 1 fully saturated rings. The molecule has 2 rings (SSSR count). The van der Waals surface area contributed by atoms with Gasteiger partial charge < -0.3 is 14.4 Å². The van der Waals surface area contributed by atoms with Crippen LogP contribution in [0.4, 0.5) is 0 Å². The average molecular weight is 291 g/mol. The molecule has 0 aromatic heterocycles. The van der Waals surface area contributed by atoms with Crippen LogP contribution < -0.4 is 9.47 Å². The first-order valence-corrected chi connectivity index (χ1v) is 7.60. The number of carbonyl (C=O) groups is 1. The van der Waals surface area contributed by atoms with Crippen molar-refractivity contribution in [1.29, 1.82) is 0 Å². The highest BCUT2D eigenvalue weighted by Gasteiger charge is 2.22. The summed E-state index contributed by atoms with van der Waals surface area (Å²) in [5, 5.41) is 0. The molecule has 1 atom stereocenters. The third kappa shape index (κ3) is 3.97. The zero-order valence-corrected chi connectivity index (χ0v) is 13.2. The number of piperidine rings is 1. The molecule has 0 spiro atoms. The Morgan fingerprint density at radius 3 is 2.38 bits per heavy atom. The predicted octanol–water partition coefficient (Wildman–Crippen LogP) is 2.86. The second-order valence-electron chi connectivity index (χ2n) is 5.64. The van der Waals surface area contributed by atoms with Crippen molar-refractivity contribution in [3.05, 3.63) is 23.8 Å². The number of carbonyl (C=O) groups excluding carboxylic acids is 1. The molecule has 1 saturated heterocycles. The molecule has 0 amide bonds. The van der Waals surface area contributed by atoms with E-state index in [9.17, 15) is 4.79 Å². The number of Topliss-reactive ketones (excluding diaryl/α,β-unsaturated/α-hetero) is 1. The lowest BCUT2D eigenvalue weighted by molar-refractivity contribution is -0.118. The number of rotatable bonds is 6. The molecule has 1 aliphatic rings. The molecule has 0 saturated carbocycles. The summed E-state index contributed by atoms with van der Waals surface area (Å²) in [4.78, 5) is 14.5. The Hall–Kier alpha value is -1.55. The van der Waals surface area contributed by atoms with E-state index in [2.05, 4.69) is 4.90 Å². The van der Waals surface area contributed by atoms with Crippen LogP contribution in [0.15, 0.2) is 18.2 Å². The lowest BCUT2D eigenvalue weighted by atomic mass is 9.93. The van der Waals surface area contributed by atoms with Crippen molar-refractivity contribution in [2.24, 2.45) is 0 Å². The summed E-state index contributed by atoms with van der Waals surface area (Å²) < 4.78 is 10.6. The first kappa shape index (κ1) is 15.8. The highest BCUT2D eigenvalue weighted by molar-refractivity contribution is 5.83. The van der Waals surface area contributed by atoms with Gasteiger partial charge in [0, 0.05) is 6.54 Å². The van der Waals surface area contributed by atoms with Gasteiger partial charge in [0.15, 0.2) is 11.5 Å². The van der Waals surface area contributed by atoms with Crippen molar-refractivity contribution >= 4 is 5.78 Å². The van der Waals surface area contributed by atoms with E-state index in [-0.39, 0.29) is 11.7 Å². The van der Waals surface area contributed by atoms with E-state index in [1.807, 2.05) is 18.2 Å². The lowest BCUT2D eigenvalue weighted by Gasteiger charge is -2.29. The largest absolute Gasteiger partial charge is 0.493 e. The van der Waals surface area contributed by atoms with E-state index in [4.69, 9.17) is 9.47 Å². The van der Waals surface area contributed by atoms with Crippen LogP contribution in [0.3, 0.4) is 0 Å². The topological polar surface area (TPSA) is 38.8 Å². The molecule has 1 aromatic rings. The van der Waals surface area contributed by atoms with Crippen LogP contribution in [0, 0.1) is 0 Å². The molecular formula is C17H25NO3. The van der Waals surface area contributed by atoms with Gasteiger partial charge in [-0.1, -0.05) is 12.5 Å². The van der Waals surface area contributed by atoms with Crippen LogP contribution in [0.5, 0.6) is 11.5 Å². The SMILES string of the molecule is COc1ccc(C(CN2CCCCC2)C(C)=O)cc1OC. The van der Waals surface area contributed by atoms with Crippen molar-refractivity contribution in [1.82, 2.24) is 4.90 Å². The van der Waals surface area contributed by atoms with E-state index < -0.39 is 0 Å². The van der Waals surface area contributed by atoms with Crippen LogP contribution in [0.2, 0.25) is 0 Å². The summed E-state index contributed by atoms with van der Waals surface area (Å²) in [6.07, 6.45) is 3.77. The van der Waals surface area contributed by atoms with E-state index in [1.165, 1.54) is 19.3 Å². The van der Waals surface area contributed by atoms with Crippen LogP contribution in [-0.2, 0) is 4.79 Å². The Bertz CT molecular complexity index is 481. The maximum atomic E-state index is 12.1. The summed E-state index contributed by atoms with van der Waals surface area (Å²) >= 11 is 0. The smallest absolute Gasteiger partial charge is 0.161 e. The Kier molecular flexibility index (Phi) is 5.62. The van der Waals surface area contributed by atoms with E-state index in [0.717, 1.165) is 25.2 Å². The fraction of sp³-hybridized carbons (Fsp3) is 0.588. The molecule has 1 heterocycles. The second-order valence-corrected chi connectivity index (χ2v) is 5.64. The molecule has 1 aliphatic heterocycles. The molecule has 1 aromatic carbocycles. The Morgan fingerprint density at radius 1 is 1.14 bits per heavy atom. The fourth-order valence-electron chi connectivity index (χ4n) is 2.94. The van der Waals surface area contributed by atoms with Gasteiger partial charge in [0.1, 0.15) is 5.78 Å². The van der Waals surface area contributed by atoms with Crippen molar-refractivity contribution in [2.45, 2.75) is 32.1 Å². The van der Waals surface area contributed by atoms with Crippen molar-refractivity contribution in [3.8, 4) is 11.5 Å². The van der Waals surface area contributed by atoms with E-state index >= 15 is 0 Å². The van der Waals surface area contributed by atoms with Gasteiger partial charge in [-0.2, -0.15) is 0 Å². The number of ether oxygens (including phenoxy) is 2. The van der Waals surface area contributed by atoms with Gasteiger partial charge in [0.25, 0.3) is 0 Å². The quantitative estimate of drug-likeness (QED) is 0.808. The Labute approximate surface area is 127 Å². The normalized spacial score (nSPS) is 17.3. The summed E-state index contributed by atoms with van der Waals surface area (Å²) in [5.74, 6) is 1.48. The number of ketones is 1. The maximum absolute atomic E-state index is 12.1. The zero-order chi connectivity index (χ0) is 15.2. The van der Waals surface area contributed by atoms with Crippen LogP contribution in [0.25, 0.3) is 0 Å². The minimum atomic E-state index is -0.0945. The Balaban J connectivity index is 2.19. The third-order valence-electron chi connectivity index (χ3n) is 4.19. The standard InChI is InChI=1S/C17H25NO3/c1-13(19)15(12-18-9-5-4-6-10-18)14-7-8-16(20-2)17(11-14)21-3/h7-8,11,15H,4-6,9-10,12H2,1-3H3. The number of methoxy groups -OCH3 is 2. The molecule has 4 heteroatoms. The molecule has 21 heavy (non-hydrogen) atoms. The van der Waals surface area contributed by atoms with Gasteiger partial charge in [-0.05, 0) is 50.6 Å². The molecule has 0 bridgehead atoms. The maximum Gasteiger partial charge on any atom is 0.161 e. The minimum Gasteiger partial charge on any atom is -0.493 e. The van der Waals surface area contributed by atoms with Crippen LogP contribution in [-0.4, -0.2) is 44.5 Å². The fourth-order valence-corrected chi connectivity index (χ4v) is 2.94. The molecule has 0 N–H and O–H groups in total. The highest BCUT2D eigenvalue weighted by Crippen LogP contribution is 2.31. The third-order valence-corrected chi connectivity index (χ3v) is 4.19. The summed E-state index contributed by atoms with van der Waals surface area (Å²) in [6.45, 7) is 4.66. The van der Waals surface area contributed by atoms with Crippen LogP contribution in [0.1, 0.15) is 37.7 Å². The average Bonchev–Trinajstić information content (AvgIpc) is 2.52.